The number of carbonyl (C=O) groups excluding carboxylic acids is 2. The molecule has 1 fully saturated rings. The number of hydrogen-bond acceptors (Lipinski definition) is 7. The van der Waals surface area contributed by atoms with Gasteiger partial charge in [0, 0.05) is 55.7 Å². The molecule has 0 spiro atoms. The molecule has 0 unspecified atom stereocenters. The molecule has 6 rings (SSSR count). The maximum atomic E-state index is 13.6. The average molecular weight is 556 g/mol. The van der Waals surface area contributed by atoms with Crippen molar-refractivity contribution in [3.8, 4) is 5.75 Å². The number of piperidine rings is 1. The molecule has 0 radical (unpaired) electrons. The molecule has 1 N–H and O–H groups in total. The zero-order valence-corrected chi connectivity index (χ0v) is 23.7. The van der Waals surface area contributed by atoms with Crippen LogP contribution in [0.25, 0.3) is 11.1 Å². The van der Waals surface area contributed by atoms with Crippen LogP contribution < -0.4 is 20.7 Å². The minimum atomic E-state index is -0.457. The van der Waals surface area contributed by atoms with Crippen LogP contribution >= 0.6 is 0 Å². The summed E-state index contributed by atoms with van der Waals surface area (Å²) in [5, 5.41) is 3.07. The largest absolute Gasteiger partial charge is 0.497 e. The number of nitrogens with zero attached hydrogens (tertiary/aromatic N) is 4. The Labute approximate surface area is 237 Å². The summed E-state index contributed by atoms with van der Waals surface area (Å²) in [5.41, 5.74) is 5.59. The van der Waals surface area contributed by atoms with E-state index >= 15 is 0 Å². The number of ether oxygens (including phenoxy) is 1. The zero-order chi connectivity index (χ0) is 28.8. The number of fused-ring (bicyclic) bond motifs is 2. The van der Waals surface area contributed by atoms with Gasteiger partial charge < -0.3 is 24.3 Å². The fourth-order valence-electron chi connectivity index (χ4n) is 6.04. The predicted molar refractivity (Wildman–Crippen MR) is 156 cm³/mol. The first-order valence-corrected chi connectivity index (χ1v) is 13.8. The van der Waals surface area contributed by atoms with Crippen molar-refractivity contribution in [1.82, 2.24) is 14.5 Å². The fraction of sp³-hybridized carbons (Fsp3) is 0.355. The van der Waals surface area contributed by atoms with Crippen molar-refractivity contribution in [1.29, 1.82) is 0 Å². The maximum absolute atomic E-state index is 13.6. The quantitative estimate of drug-likeness (QED) is 0.363. The molecule has 0 saturated carbocycles. The van der Waals surface area contributed by atoms with Crippen LogP contribution in [0.15, 0.2) is 51.8 Å². The molecule has 10 nitrogen and oxygen atoms in total. The summed E-state index contributed by atoms with van der Waals surface area (Å²) < 4.78 is 12.2. The first kappa shape index (κ1) is 26.6. The molecular weight excluding hydrogens is 522 g/mol. The lowest BCUT2D eigenvalue weighted by molar-refractivity contribution is 0.103. The van der Waals surface area contributed by atoms with E-state index in [1.807, 2.05) is 43.0 Å². The van der Waals surface area contributed by atoms with Crippen LogP contribution in [-0.2, 0) is 13.5 Å². The van der Waals surface area contributed by atoms with Gasteiger partial charge in [0.15, 0.2) is 11.4 Å². The fourth-order valence-corrected chi connectivity index (χ4v) is 6.04. The number of aromatic nitrogens is 2. The van der Waals surface area contributed by atoms with E-state index in [2.05, 4.69) is 15.2 Å². The van der Waals surface area contributed by atoms with Gasteiger partial charge in [0.05, 0.1) is 12.6 Å². The van der Waals surface area contributed by atoms with E-state index in [1.165, 1.54) is 4.57 Å². The van der Waals surface area contributed by atoms with Crippen LogP contribution in [0.5, 0.6) is 5.75 Å². The number of carbonyl (C=O) groups is 2. The Morgan fingerprint density at radius 1 is 1.05 bits per heavy atom. The summed E-state index contributed by atoms with van der Waals surface area (Å²) in [7, 11) is 3.30. The monoisotopic (exact) mass is 555 g/mol. The van der Waals surface area contributed by atoms with E-state index < -0.39 is 5.76 Å². The molecule has 4 aromatic rings. The zero-order valence-electron chi connectivity index (χ0n) is 23.7. The number of rotatable bonds is 5. The highest BCUT2D eigenvalue weighted by molar-refractivity contribution is 6.11. The van der Waals surface area contributed by atoms with Crippen molar-refractivity contribution >= 4 is 34.4 Å². The lowest BCUT2D eigenvalue weighted by Gasteiger charge is -2.38. The average Bonchev–Trinajstić information content (AvgIpc) is 3.16. The smallest absolute Gasteiger partial charge is 0.419 e. The normalized spacial score (nSPS) is 16.0. The third-order valence-corrected chi connectivity index (χ3v) is 8.33. The van der Waals surface area contributed by atoms with E-state index in [0.29, 0.717) is 28.8 Å². The molecule has 0 aliphatic carbocycles. The van der Waals surface area contributed by atoms with Crippen LogP contribution in [0.2, 0.25) is 0 Å². The number of benzene rings is 2. The Morgan fingerprint density at radius 2 is 1.83 bits per heavy atom. The molecule has 2 aliphatic rings. The van der Waals surface area contributed by atoms with Gasteiger partial charge in [-0.3, -0.25) is 9.36 Å². The van der Waals surface area contributed by atoms with Crippen LogP contribution in [0.4, 0.5) is 16.3 Å². The highest BCUT2D eigenvalue weighted by atomic mass is 16.5. The first-order valence-electron chi connectivity index (χ1n) is 13.8. The van der Waals surface area contributed by atoms with Gasteiger partial charge in [0.1, 0.15) is 11.6 Å². The molecule has 2 aliphatic heterocycles. The molecule has 2 amide bonds. The van der Waals surface area contributed by atoms with Gasteiger partial charge in [0.2, 0.25) is 0 Å². The van der Waals surface area contributed by atoms with Crippen LogP contribution in [0.3, 0.4) is 0 Å². The van der Waals surface area contributed by atoms with Crippen molar-refractivity contribution in [2.24, 2.45) is 7.05 Å². The lowest BCUT2D eigenvalue weighted by atomic mass is 9.98. The highest BCUT2D eigenvalue weighted by Crippen LogP contribution is 2.29. The van der Waals surface area contributed by atoms with E-state index in [0.717, 1.165) is 66.3 Å². The van der Waals surface area contributed by atoms with Gasteiger partial charge in [-0.15, -0.1) is 0 Å². The standard InChI is InChI=1S/C31H33N5O5/c1-18-13-21(15-26-28(18)34(3)31(39)41-26)29(37)24-16-27(32-17-19(24)2)35-10-8-22(9-11-35)36-12-7-20-14-23(40-4)5-6-25(20)33-30(36)38/h5-6,13-17,22H,7-12H2,1-4H3,(H,33,38). The van der Waals surface area contributed by atoms with Gasteiger partial charge in [-0.25, -0.2) is 14.6 Å². The predicted octanol–water partition coefficient (Wildman–Crippen LogP) is 4.44. The SMILES string of the molecule is COc1ccc2c(c1)CCN(C1CCN(c3cc(C(=O)c4cc(C)c5c(c4)oc(=O)n5C)c(C)cn3)CC1)C(=O)N2. The lowest BCUT2D eigenvalue weighted by Crippen LogP contribution is -2.49. The Kier molecular flexibility index (Phi) is 6.76. The van der Waals surface area contributed by atoms with E-state index in [1.54, 1.807) is 32.5 Å². The minimum Gasteiger partial charge on any atom is -0.497 e. The number of nitrogens with one attached hydrogen (secondary N) is 1. The van der Waals surface area contributed by atoms with Crippen molar-refractivity contribution < 1.29 is 18.7 Å². The van der Waals surface area contributed by atoms with Crippen LogP contribution in [0.1, 0.15) is 45.5 Å². The molecule has 2 aromatic carbocycles. The first-order chi connectivity index (χ1) is 19.7. The second-order valence-corrected chi connectivity index (χ2v) is 10.9. The molecule has 0 bridgehead atoms. The third-order valence-electron chi connectivity index (χ3n) is 8.33. The Bertz CT molecular complexity index is 1730. The van der Waals surface area contributed by atoms with Gasteiger partial charge in [0.25, 0.3) is 0 Å². The highest BCUT2D eigenvalue weighted by Gasteiger charge is 2.31. The number of hydrogen-bond donors (Lipinski definition) is 1. The number of ketones is 1. The maximum Gasteiger partial charge on any atom is 0.419 e. The van der Waals surface area contributed by atoms with E-state index in [9.17, 15) is 14.4 Å². The van der Waals surface area contributed by atoms with Gasteiger partial charge in [-0.1, -0.05) is 0 Å². The number of anilines is 2. The number of aryl methyl sites for hydroxylation is 3. The van der Waals surface area contributed by atoms with Crippen molar-refractivity contribution in [3.05, 3.63) is 81.0 Å². The van der Waals surface area contributed by atoms with Crippen LogP contribution in [-0.4, -0.2) is 59.1 Å². The summed E-state index contributed by atoms with van der Waals surface area (Å²) in [6, 6.07) is 11.1. The Balaban J connectivity index is 1.17. The molecule has 0 atom stereocenters. The Morgan fingerprint density at radius 3 is 2.59 bits per heavy atom. The molecule has 212 valence electrons. The van der Waals surface area contributed by atoms with Gasteiger partial charge >= 0.3 is 11.8 Å². The number of oxazole rings is 1. The van der Waals surface area contributed by atoms with Gasteiger partial charge in [-0.2, -0.15) is 0 Å². The molecule has 2 aromatic heterocycles. The second-order valence-electron chi connectivity index (χ2n) is 10.9. The number of amides is 2. The summed E-state index contributed by atoms with van der Waals surface area (Å²) in [6.07, 6.45) is 4.09. The van der Waals surface area contributed by atoms with E-state index in [-0.39, 0.29) is 17.9 Å². The van der Waals surface area contributed by atoms with Crippen LogP contribution in [0, 0.1) is 13.8 Å². The van der Waals surface area contributed by atoms with Crippen molar-refractivity contribution in [2.45, 2.75) is 39.2 Å². The molecule has 1 saturated heterocycles. The Hall–Kier alpha value is -4.60. The molecule has 41 heavy (non-hydrogen) atoms. The third kappa shape index (κ3) is 4.83. The topological polar surface area (TPSA) is 110 Å². The minimum absolute atomic E-state index is 0.0739. The second kappa shape index (κ2) is 10.4. The summed E-state index contributed by atoms with van der Waals surface area (Å²) in [4.78, 5) is 47.5. The molecular formula is C31H33N5O5. The van der Waals surface area contributed by atoms with Crippen molar-refractivity contribution in [3.63, 3.8) is 0 Å². The molecule has 4 heterocycles. The number of pyridine rings is 1. The number of urea groups is 1. The summed E-state index contributed by atoms with van der Waals surface area (Å²) in [6.45, 7) is 5.82. The summed E-state index contributed by atoms with van der Waals surface area (Å²) in [5.74, 6) is 0.919. The summed E-state index contributed by atoms with van der Waals surface area (Å²) >= 11 is 0. The number of methoxy groups -OCH3 is 1. The molecule has 10 heteroatoms. The van der Waals surface area contributed by atoms with E-state index in [4.69, 9.17) is 9.15 Å². The van der Waals surface area contributed by atoms with Gasteiger partial charge in [-0.05, 0) is 86.2 Å². The van der Waals surface area contributed by atoms with Crippen molar-refractivity contribution in [2.75, 3.05) is 37.0 Å².